The number of para-hydroxylation sites is 2. The number of thioether (sulfide) groups is 1. The van der Waals surface area contributed by atoms with E-state index in [-0.39, 0.29) is 11.8 Å². The first-order valence-electron chi connectivity index (χ1n) is 9.22. The van der Waals surface area contributed by atoms with Crippen molar-refractivity contribution in [2.24, 2.45) is 0 Å². The second-order valence-electron chi connectivity index (χ2n) is 6.47. The monoisotopic (exact) mass is 398 g/mol. The molecule has 6 heteroatoms. The summed E-state index contributed by atoms with van der Waals surface area (Å²) in [7, 11) is 3.28. The highest BCUT2D eigenvalue weighted by Gasteiger charge is 2.24. The molecule has 1 aromatic heterocycles. The number of carbonyl (C=O) groups excluding carboxylic acids is 1. The number of nitrogens with one attached hydrogen (secondary N) is 2. The van der Waals surface area contributed by atoms with Crippen LogP contribution >= 0.6 is 11.8 Å². The first kappa shape index (κ1) is 20.1. The summed E-state index contributed by atoms with van der Waals surface area (Å²) in [5.41, 5.74) is 3.17. The van der Waals surface area contributed by atoms with Crippen LogP contribution in [0.1, 0.15) is 23.5 Å². The number of benzene rings is 2. The van der Waals surface area contributed by atoms with Crippen LogP contribution in [0.4, 0.5) is 0 Å². The van der Waals surface area contributed by atoms with E-state index in [0.29, 0.717) is 24.5 Å². The van der Waals surface area contributed by atoms with Crippen molar-refractivity contribution < 1.29 is 14.3 Å². The molecule has 5 nitrogen and oxygen atoms in total. The van der Waals surface area contributed by atoms with E-state index in [4.69, 9.17) is 9.47 Å². The van der Waals surface area contributed by atoms with E-state index < -0.39 is 0 Å². The molecule has 0 bridgehead atoms. The van der Waals surface area contributed by atoms with Gasteiger partial charge in [0.25, 0.3) is 0 Å². The lowest BCUT2D eigenvalue weighted by Gasteiger charge is -2.22. The smallest absolute Gasteiger partial charge is 0.220 e. The lowest BCUT2D eigenvalue weighted by atomic mass is 9.89. The average molecular weight is 399 g/mol. The number of aromatic amines is 1. The highest BCUT2D eigenvalue weighted by atomic mass is 32.2. The molecule has 3 aromatic rings. The molecule has 0 aliphatic carbocycles. The first-order chi connectivity index (χ1) is 13.7. The van der Waals surface area contributed by atoms with Crippen LogP contribution in [0.2, 0.25) is 0 Å². The Bertz CT molecular complexity index is 938. The molecular weight excluding hydrogens is 372 g/mol. The Morgan fingerprint density at radius 1 is 1.11 bits per heavy atom. The average Bonchev–Trinajstić information content (AvgIpc) is 3.16. The summed E-state index contributed by atoms with van der Waals surface area (Å²) in [6.07, 6.45) is 4.53. The molecular formula is C22H26N2O3S. The van der Waals surface area contributed by atoms with Crippen LogP contribution < -0.4 is 14.8 Å². The number of aromatic nitrogens is 1. The minimum Gasteiger partial charge on any atom is -0.493 e. The molecule has 0 radical (unpaired) electrons. The summed E-state index contributed by atoms with van der Waals surface area (Å²) in [5.74, 6) is 2.17. The predicted octanol–water partition coefficient (Wildman–Crippen LogP) is 4.19. The van der Waals surface area contributed by atoms with E-state index in [0.717, 1.165) is 27.8 Å². The van der Waals surface area contributed by atoms with Crippen molar-refractivity contribution in [1.82, 2.24) is 10.3 Å². The summed E-state index contributed by atoms with van der Waals surface area (Å²) in [4.78, 5) is 15.6. The Kier molecular flexibility index (Phi) is 6.87. The number of hydrogen-bond donors (Lipinski definition) is 2. The predicted molar refractivity (Wildman–Crippen MR) is 116 cm³/mol. The highest BCUT2D eigenvalue weighted by molar-refractivity contribution is 7.98. The molecule has 1 heterocycles. The van der Waals surface area contributed by atoms with Crippen molar-refractivity contribution in [2.45, 2.75) is 12.3 Å². The fraction of sp³-hybridized carbons (Fsp3) is 0.318. The minimum atomic E-state index is -0.0700. The fourth-order valence-corrected chi connectivity index (χ4v) is 3.84. The van der Waals surface area contributed by atoms with E-state index in [1.807, 2.05) is 42.8 Å². The van der Waals surface area contributed by atoms with E-state index in [2.05, 4.69) is 22.4 Å². The fourth-order valence-electron chi connectivity index (χ4n) is 3.46. The van der Waals surface area contributed by atoms with Crippen molar-refractivity contribution in [1.29, 1.82) is 0 Å². The Morgan fingerprint density at radius 3 is 2.68 bits per heavy atom. The van der Waals surface area contributed by atoms with Crippen molar-refractivity contribution in [2.75, 3.05) is 32.8 Å². The maximum Gasteiger partial charge on any atom is 0.220 e. The number of rotatable bonds is 9. The molecule has 2 N–H and O–H groups in total. The van der Waals surface area contributed by atoms with Crippen LogP contribution in [0.25, 0.3) is 10.9 Å². The van der Waals surface area contributed by atoms with Crippen LogP contribution in [0, 0.1) is 0 Å². The second kappa shape index (κ2) is 9.55. The third-order valence-corrected chi connectivity index (χ3v) is 5.45. The van der Waals surface area contributed by atoms with Crippen LogP contribution in [0.15, 0.2) is 48.7 Å². The molecule has 0 aliphatic heterocycles. The number of hydrogen-bond acceptors (Lipinski definition) is 4. The molecule has 1 atom stereocenters. The van der Waals surface area contributed by atoms with Crippen molar-refractivity contribution in [3.63, 3.8) is 0 Å². The van der Waals surface area contributed by atoms with Gasteiger partial charge in [-0.2, -0.15) is 11.8 Å². The Morgan fingerprint density at radius 2 is 1.93 bits per heavy atom. The Balaban J connectivity index is 2.01. The Labute approximate surface area is 169 Å². The quantitative estimate of drug-likeness (QED) is 0.567. The number of fused-ring (bicyclic) bond motifs is 1. The van der Waals surface area contributed by atoms with Gasteiger partial charge in [-0.05, 0) is 24.0 Å². The third-order valence-electron chi connectivity index (χ3n) is 4.84. The van der Waals surface area contributed by atoms with Crippen LogP contribution in [0.3, 0.4) is 0 Å². The normalized spacial score (nSPS) is 12.0. The molecule has 2 aromatic carbocycles. The number of carbonyl (C=O) groups is 1. The Hall–Kier alpha value is -2.60. The van der Waals surface area contributed by atoms with Gasteiger partial charge in [-0.3, -0.25) is 4.79 Å². The third kappa shape index (κ3) is 4.28. The molecule has 0 fully saturated rings. The van der Waals surface area contributed by atoms with E-state index in [1.54, 1.807) is 26.0 Å². The number of H-pyrrole nitrogens is 1. The maximum absolute atomic E-state index is 12.3. The van der Waals surface area contributed by atoms with Gasteiger partial charge in [-0.25, -0.2) is 0 Å². The molecule has 0 spiro atoms. The summed E-state index contributed by atoms with van der Waals surface area (Å²) in [6, 6.07) is 14.0. The summed E-state index contributed by atoms with van der Waals surface area (Å²) in [6.45, 7) is 0.485. The van der Waals surface area contributed by atoms with Gasteiger partial charge in [-0.15, -0.1) is 0 Å². The van der Waals surface area contributed by atoms with Crippen LogP contribution in [-0.4, -0.2) is 43.7 Å². The molecule has 148 valence electrons. The van der Waals surface area contributed by atoms with Gasteiger partial charge in [-0.1, -0.05) is 30.3 Å². The molecule has 0 saturated heterocycles. The molecule has 3 rings (SSSR count). The molecule has 1 amide bonds. The topological polar surface area (TPSA) is 63.3 Å². The second-order valence-corrected chi connectivity index (χ2v) is 7.46. The lowest BCUT2D eigenvalue weighted by Crippen LogP contribution is -2.29. The zero-order valence-corrected chi connectivity index (χ0v) is 17.3. The van der Waals surface area contributed by atoms with Gasteiger partial charge >= 0.3 is 0 Å². The summed E-state index contributed by atoms with van der Waals surface area (Å²) < 4.78 is 11.2. The minimum absolute atomic E-state index is 0.0565. The molecule has 0 aliphatic rings. The zero-order chi connectivity index (χ0) is 19.9. The van der Waals surface area contributed by atoms with Crippen LogP contribution in [-0.2, 0) is 4.79 Å². The van der Waals surface area contributed by atoms with Gasteiger partial charge in [0.05, 0.1) is 14.2 Å². The summed E-state index contributed by atoms with van der Waals surface area (Å²) >= 11 is 1.67. The SMILES string of the molecule is COc1cccc([C@@H](CNC(=O)CCSC)c2c[nH]c3ccccc23)c1OC. The van der Waals surface area contributed by atoms with Gasteiger partial charge < -0.3 is 19.8 Å². The first-order valence-corrected chi connectivity index (χ1v) is 10.6. The number of amides is 1. The van der Waals surface area contributed by atoms with Gasteiger partial charge in [0.2, 0.25) is 5.91 Å². The molecule has 28 heavy (non-hydrogen) atoms. The van der Waals surface area contributed by atoms with E-state index in [9.17, 15) is 4.79 Å². The number of ether oxygens (including phenoxy) is 2. The summed E-state index contributed by atoms with van der Waals surface area (Å²) in [5, 5.41) is 4.23. The van der Waals surface area contributed by atoms with Gasteiger partial charge in [0.15, 0.2) is 11.5 Å². The van der Waals surface area contributed by atoms with Gasteiger partial charge in [0, 0.05) is 47.3 Å². The zero-order valence-electron chi connectivity index (χ0n) is 16.5. The maximum atomic E-state index is 12.3. The standard InChI is InChI=1S/C22H26N2O3S/c1-26-20-10-6-8-16(22(20)27-2)18(14-24-21(25)11-12-28-3)17-13-23-19-9-5-4-7-15(17)19/h4-10,13,18,23H,11-12,14H2,1-3H3,(H,24,25)/t18-/m1/s1. The largest absolute Gasteiger partial charge is 0.493 e. The van der Waals surface area contributed by atoms with Crippen molar-refractivity contribution >= 4 is 28.6 Å². The van der Waals surface area contributed by atoms with E-state index >= 15 is 0 Å². The van der Waals surface area contributed by atoms with Crippen molar-refractivity contribution in [3.8, 4) is 11.5 Å². The number of methoxy groups -OCH3 is 2. The lowest BCUT2D eigenvalue weighted by molar-refractivity contribution is -0.120. The van der Waals surface area contributed by atoms with Gasteiger partial charge in [0.1, 0.15) is 0 Å². The highest BCUT2D eigenvalue weighted by Crippen LogP contribution is 2.40. The molecule has 0 unspecified atom stereocenters. The van der Waals surface area contributed by atoms with E-state index in [1.165, 1.54) is 0 Å². The molecule has 0 saturated carbocycles. The van der Waals surface area contributed by atoms with Crippen molar-refractivity contribution in [3.05, 3.63) is 59.8 Å². The van der Waals surface area contributed by atoms with Crippen LogP contribution in [0.5, 0.6) is 11.5 Å².